The summed E-state index contributed by atoms with van der Waals surface area (Å²) in [6, 6.07) is 12.6. The van der Waals surface area contributed by atoms with Crippen LogP contribution in [0, 0.1) is 0 Å². The van der Waals surface area contributed by atoms with Crippen molar-refractivity contribution in [3.05, 3.63) is 42.1 Å². The highest BCUT2D eigenvalue weighted by Crippen LogP contribution is 2.11. The van der Waals surface area contributed by atoms with Gasteiger partial charge in [-0.3, -0.25) is 9.19 Å². The van der Waals surface area contributed by atoms with Crippen molar-refractivity contribution in [2.45, 2.75) is 25.9 Å². The Balaban J connectivity index is 1.92. The number of hydrogen-bond acceptors (Lipinski definition) is 3. The molecule has 1 heterocycles. The molecule has 0 saturated heterocycles. The zero-order valence-electron chi connectivity index (χ0n) is 11.4. The number of nitrogens with zero attached hydrogens (tertiary/aromatic N) is 1. The van der Waals surface area contributed by atoms with E-state index in [1.807, 2.05) is 18.2 Å². The third-order valence-corrected chi connectivity index (χ3v) is 3.94. The minimum atomic E-state index is -0.708. The fraction of sp³-hybridized carbons (Fsp3) is 0.400. The molecule has 2 unspecified atom stereocenters. The molecule has 0 saturated carbocycles. The lowest BCUT2D eigenvalue weighted by atomic mass is 10.2. The number of para-hydroxylation sites is 1. The second-order valence-electron chi connectivity index (χ2n) is 4.84. The first-order valence-corrected chi connectivity index (χ1v) is 8.26. The molecule has 0 radical (unpaired) electrons. The summed E-state index contributed by atoms with van der Waals surface area (Å²) < 4.78 is 11.0. The standard InChI is InChI=1S/C15H20N2OS/c1-12(9-10-19(2)18)16-11-14-8-7-13-5-3-4-6-15(13)17-14/h3-8,12,16H,9-11H2,1-2H3. The summed E-state index contributed by atoms with van der Waals surface area (Å²) in [6.45, 7) is 2.87. The van der Waals surface area contributed by atoms with Gasteiger partial charge < -0.3 is 5.32 Å². The number of rotatable bonds is 6. The molecule has 2 atom stereocenters. The van der Waals surface area contributed by atoms with Crippen molar-refractivity contribution in [3.63, 3.8) is 0 Å². The largest absolute Gasteiger partial charge is 0.309 e. The van der Waals surface area contributed by atoms with Crippen LogP contribution in [-0.2, 0) is 17.3 Å². The summed E-state index contributed by atoms with van der Waals surface area (Å²) >= 11 is 0. The molecule has 0 aliphatic rings. The molecule has 2 rings (SSSR count). The van der Waals surface area contributed by atoms with Crippen molar-refractivity contribution in [3.8, 4) is 0 Å². The van der Waals surface area contributed by atoms with Crippen molar-refractivity contribution < 1.29 is 4.21 Å². The van der Waals surface area contributed by atoms with Crippen LogP contribution in [0.4, 0.5) is 0 Å². The van der Waals surface area contributed by atoms with Gasteiger partial charge in [0.2, 0.25) is 0 Å². The Morgan fingerprint density at radius 1 is 1.26 bits per heavy atom. The first-order valence-electron chi connectivity index (χ1n) is 6.53. The van der Waals surface area contributed by atoms with E-state index in [-0.39, 0.29) is 0 Å². The molecule has 1 N–H and O–H groups in total. The maximum absolute atomic E-state index is 11.0. The van der Waals surface area contributed by atoms with Crippen LogP contribution in [0.25, 0.3) is 10.9 Å². The quantitative estimate of drug-likeness (QED) is 0.881. The Morgan fingerprint density at radius 3 is 2.84 bits per heavy atom. The van der Waals surface area contributed by atoms with Crippen LogP contribution < -0.4 is 5.32 Å². The molecule has 19 heavy (non-hydrogen) atoms. The van der Waals surface area contributed by atoms with Gasteiger partial charge in [-0.15, -0.1) is 0 Å². The molecule has 1 aromatic carbocycles. The Kier molecular flexibility index (Phi) is 5.05. The van der Waals surface area contributed by atoms with Crippen LogP contribution in [0.5, 0.6) is 0 Å². The predicted octanol–water partition coefficient (Wildman–Crippen LogP) is 2.48. The molecular weight excluding hydrogens is 256 g/mol. The highest BCUT2D eigenvalue weighted by Gasteiger charge is 2.04. The fourth-order valence-corrected chi connectivity index (χ4v) is 2.62. The molecule has 4 heteroatoms. The average Bonchev–Trinajstić information content (AvgIpc) is 2.42. The van der Waals surface area contributed by atoms with Gasteiger partial charge in [0.05, 0.1) is 11.2 Å². The first-order chi connectivity index (χ1) is 9.15. The van der Waals surface area contributed by atoms with Crippen molar-refractivity contribution in [1.29, 1.82) is 0 Å². The van der Waals surface area contributed by atoms with Gasteiger partial charge in [0.1, 0.15) is 0 Å². The zero-order chi connectivity index (χ0) is 13.7. The van der Waals surface area contributed by atoms with E-state index in [1.54, 1.807) is 6.26 Å². The normalized spacial score (nSPS) is 14.4. The molecule has 102 valence electrons. The van der Waals surface area contributed by atoms with Crippen LogP contribution >= 0.6 is 0 Å². The second-order valence-corrected chi connectivity index (χ2v) is 6.40. The van der Waals surface area contributed by atoms with E-state index in [1.165, 1.54) is 5.39 Å². The summed E-state index contributed by atoms with van der Waals surface area (Å²) in [4.78, 5) is 4.62. The van der Waals surface area contributed by atoms with Gasteiger partial charge in [-0.05, 0) is 25.5 Å². The summed E-state index contributed by atoms with van der Waals surface area (Å²) in [5, 5.41) is 4.59. The van der Waals surface area contributed by atoms with E-state index >= 15 is 0 Å². The van der Waals surface area contributed by atoms with Gasteiger partial charge in [-0.2, -0.15) is 0 Å². The lowest BCUT2D eigenvalue weighted by Crippen LogP contribution is -2.27. The van der Waals surface area contributed by atoms with Crippen molar-refractivity contribution >= 4 is 21.7 Å². The molecule has 3 nitrogen and oxygen atoms in total. The minimum Gasteiger partial charge on any atom is -0.309 e. The van der Waals surface area contributed by atoms with Crippen LogP contribution in [0.1, 0.15) is 19.0 Å². The Labute approximate surface area is 116 Å². The van der Waals surface area contributed by atoms with E-state index in [0.29, 0.717) is 6.04 Å². The molecule has 2 aromatic rings. The molecule has 0 aliphatic heterocycles. The van der Waals surface area contributed by atoms with Crippen molar-refractivity contribution in [2.75, 3.05) is 12.0 Å². The lowest BCUT2D eigenvalue weighted by Gasteiger charge is -2.12. The van der Waals surface area contributed by atoms with Crippen LogP contribution in [0.15, 0.2) is 36.4 Å². The van der Waals surface area contributed by atoms with E-state index < -0.39 is 10.8 Å². The number of benzene rings is 1. The predicted molar refractivity (Wildman–Crippen MR) is 81.6 cm³/mol. The average molecular weight is 276 g/mol. The van der Waals surface area contributed by atoms with Gasteiger partial charge in [-0.1, -0.05) is 24.3 Å². The molecule has 0 spiro atoms. The zero-order valence-corrected chi connectivity index (χ0v) is 12.2. The highest BCUT2D eigenvalue weighted by molar-refractivity contribution is 7.84. The maximum Gasteiger partial charge on any atom is 0.0705 e. The Morgan fingerprint density at radius 2 is 2.05 bits per heavy atom. The third kappa shape index (κ3) is 4.40. The molecular formula is C15H20N2OS. The number of nitrogens with one attached hydrogen (secondary N) is 1. The van der Waals surface area contributed by atoms with E-state index in [2.05, 4.69) is 35.4 Å². The first kappa shape index (κ1) is 14.2. The van der Waals surface area contributed by atoms with Crippen LogP contribution in [-0.4, -0.2) is 27.2 Å². The van der Waals surface area contributed by atoms with Gasteiger partial charge in [0.25, 0.3) is 0 Å². The van der Waals surface area contributed by atoms with Crippen molar-refractivity contribution in [2.24, 2.45) is 0 Å². The molecule has 0 bridgehead atoms. The van der Waals surface area contributed by atoms with Gasteiger partial charge in [-0.25, -0.2) is 0 Å². The van der Waals surface area contributed by atoms with E-state index in [9.17, 15) is 4.21 Å². The number of aromatic nitrogens is 1. The van der Waals surface area contributed by atoms with E-state index in [4.69, 9.17) is 0 Å². The summed E-state index contributed by atoms with van der Waals surface area (Å²) in [5.74, 6) is 0.749. The second kappa shape index (κ2) is 6.78. The third-order valence-electron chi connectivity index (χ3n) is 3.13. The molecule has 1 aromatic heterocycles. The number of hydrogen-bond donors (Lipinski definition) is 1. The van der Waals surface area contributed by atoms with E-state index in [0.717, 1.165) is 29.9 Å². The number of pyridine rings is 1. The van der Waals surface area contributed by atoms with Crippen molar-refractivity contribution in [1.82, 2.24) is 10.3 Å². The number of fused-ring (bicyclic) bond motifs is 1. The van der Waals surface area contributed by atoms with Crippen LogP contribution in [0.2, 0.25) is 0 Å². The van der Waals surface area contributed by atoms with Crippen LogP contribution in [0.3, 0.4) is 0 Å². The maximum atomic E-state index is 11.0. The monoisotopic (exact) mass is 276 g/mol. The summed E-state index contributed by atoms with van der Waals surface area (Å²) in [5.41, 5.74) is 2.08. The van der Waals surface area contributed by atoms with Gasteiger partial charge in [0, 0.05) is 40.8 Å². The fourth-order valence-electron chi connectivity index (χ4n) is 1.93. The Bertz CT molecular complexity index is 571. The van der Waals surface area contributed by atoms with Gasteiger partial charge >= 0.3 is 0 Å². The lowest BCUT2D eigenvalue weighted by molar-refractivity contribution is 0.530. The smallest absolute Gasteiger partial charge is 0.0705 e. The highest BCUT2D eigenvalue weighted by atomic mass is 32.2. The summed E-state index contributed by atoms with van der Waals surface area (Å²) in [6.07, 6.45) is 2.67. The minimum absolute atomic E-state index is 0.358. The van der Waals surface area contributed by atoms with Gasteiger partial charge in [0.15, 0.2) is 0 Å². The Hall–Kier alpha value is -1.26. The molecule has 0 fully saturated rings. The topological polar surface area (TPSA) is 42.0 Å². The molecule has 0 aliphatic carbocycles. The summed E-state index contributed by atoms with van der Waals surface area (Å²) in [7, 11) is -0.708. The molecule has 0 amide bonds. The SMILES string of the molecule is CC(CCS(C)=O)NCc1ccc2ccccc2n1.